The summed E-state index contributed by atoms with van der Waals surface area (Å²) in [6.45, 7) is 4.32. The lowest BCUT2D eigenvalue weighted by Crippen LogP contribution is -2.39. The Morgan fingerprint density at radius 2 is 2.17 bits per heavy atom. The lowest BCUT2D eigenvalue weighted by atomic mass is 9.93. The highest BCUT2D eigenvalue weighted by Gasteiger charge is 2.28. The van der Waals surface area contributed by atoms with Crippen LogP contribution in [0.25, 0.3) is 0 Å². The number of hydrogen-bond acceptors (Lipinski definition) is 3. The van der Waals surface area contributed by atoms with Gasteiger partial charge in [-0.05, 0) is 30.4 Å². The van der Waals surface area contributed by atoms with Gasteiger partial charge in [0.15, 0.2) is 0 Å². The molecule has 4 nitrogen and oxygen atoms in total. The van der Waals surface area contributed by atoms with Crippen LogP contribution in [0.3, 0.4) is 0 Å². The molecule has 1 N–H and O–H groups in total. The molecule has 1 fully saturated rings. The van der Waals surface area contributed by atoms with Gasteiger partial charge in [-0.1, -0.05) is 19.9 Å². The molecule has 2 amide bonds. The van der Waals surface area contributed by atoms with Crippen LogP contribution >= 0.6 is 0 Å². The van der Waals surface area contributed by atoms with Gasteiger partial charge in [0.1, 0.15) is 0 Å². The molecule has 4 heteroatoms. The maximum Gasteiger partial charge on any atom is 0.235 e. The fourth-order valence-corrected chi connectivity index (χ4v) is 2.21. The van der Waals surface area contributed by atoms with Crippen molar-refractivity contribution in [1.29, 1.82) is 0 Å². The minimum Gasteiger partial charge on any atom is -0.296 e. The van der Waals surface area contributed by atoms with Crippen LogP contribution in [-0.2, 0) is 16.0 Å². The molecule has 0 bridgehead atoms. The molecule has 1 unspecified atom stereocenters. The molecule has 2 heterocycles. The summed E-state index contributed by atoms with van der Waals surface area (Å²) in [6.07, 6.45) is 3.77. The van der Waals surface area contributed by atoms with Crippen molar-refractivity contribution >= 4 is 11.8 Å². The number of imide groups is 1. The van der Waals surface area contributed by atoms with Gasteiger partial charge in [0.25, 0.3) is 0 Å². The average Bonchev–Trinajstić information content (AvgIpc) is 2.30. The van der Waals surface area contributed by atoms with E-state index in [2.05, 4.69) is 24.1 Å². The molecule has 2 rings (SSSR count). The van der Waals surface area contributed by atoms with Crippen LogP contribution in [0.5, 0.6) is 0 Å². The highest BCUT2D eigenvalue weighted by molar-refractivity contribution is 6.00. The fourth-order valence-electron chi connectivity index (χ4n) is 2.21. The molecule has 1 aromatic heterocycles. The van der Waals surface area contributed by atoms with E-state index in [1.54, 1.807) is 0 Å². The lowest BCUT2D eigenvalue weighted by Gasteiger charge is -2.20. The topological polar surface area (TPSA) is 59.1 Å². The number of piperidine rings is 1. The smallest absolute Gasteiger partial charge is 0.235 e. The van der Waals surface area contributed by atoms with Crippen LogP contribution in [0.2, 0.25) is 0 Å². The highest BCUT2D eigenvalue weighted by Crippen LogP contribution is 2.23. The fraction of sp³-hybridized carbons (Fsp3) is 0.500. The van der Waals surface area contributed by atoms with Gasteiger partial charge < -0.3 is 0 Å². The zero-order valence-corrected chi connectivity index (χ0v) is 10.8. The average molecular weight is 246 g/mol. The Labute approximate surface area is 107 Å². The predicted molar refractivity (Wildman–Crippen MR) is 67.9 cm³/mol. The summed E-state index contributed by atoms with van der Waals surface area (Å²) < 4.78 is 0. The zero-order valence-electron chi connectivity index (χ0n) is 10.8. The molecule has 1 aromatic rings. The molecule has 0 aromatic carbocycles. The van der Waals surface area contributed by atoms with E-state index in [9.17, 15) is 9.59 Å². The van der Waals surface area contributed by atoms with Crippen molar-refractivity contribution in [3.8, 4) is 0 Å². The first-order valence-electron chi connectivity index (χ1n) is 6.35. The summed E-state index contributed by atoms with van der Waals surface area (Å²) in [5.74, 6) is -0.105. The van der Waals surface area contributed by atoms with E-state index in [1.807, 2.05) is 18.3 Å². The first kappa shape index (κ1) is 12.7. The zero-order chi connectivity index (χ0) is 13.1. The summed E-state index contributed by atoms with van der Waals surface area (Å²) in [6, 6.07) is 3.92. The van der Waals surface area contributed by atoms with Crippen molar-refractivity contribution in [2.45, 2.75) is 39.0 Å². The molecule has 0 radical (unpaired) electrons. The van der Waals surface area contributed by atoms with E-state index < -0.39 is 0 Å². The molecule has 0 saturated carbocycles. The number of amides is 2. The molecule has 0 spiro atoms. The van der Waals surface area contributed by atoms with E-state index in [1.165, 1.54) is 5.56 Å². The number of hydrogen-bond donors (Lipinski definition) is 1. The maximum absolute atomic E-state index is 11.7. The maximum atomic E-state index is 11.7. The SMILES string of the molecule is CC(C)Cc1ccc(C2CCC(=O)NC2=O)nc1. The largest absolute Gasteiger partial charge is 0.296 e. The first-order chi connectivity index (χ1) is 8.56. The summed E-state index contributed by atoms with van der Waals surface area (Å²) in [7, 11) is 0. The second-order valence-electron chi connectivity index (χ2n) is 5.19. The third-order valence-electron chi connectivity index (χ3n) is 3.09. The third kappa shape index (κ3) is 2.94. The van der Waals surface area contributed by atoms with Crippen molar-refractivity contribution in [3.63, 3.8) is 0 Å². The Bertz CT molecular complexity index is 451. The van der Waals surface area contributed by atoms with E-state index >= 15 is 0 Å². The second-order valence-corrected chi connectivity index (χ2v) is 5.19. The molecule has 1 aliphatic rings. The number of pyridine rings is 1. The molecule has 1 aliphatic heterocycles. The lowest BCUT2D eigenvalue weighted by molar-refractivity contribution is -0.134. The Morgan fingerprint density at radius 1 is 1.39 bits per heavy atom. The highest BCUT2D eigenvalue weighted by atomic mass is 16.2. The second kappa shape index (κ2) is 5.29. The van der Waals surface area contributed by atoms with E-state index in [4.69, 9.17) is 0 Å². The Kier molecular flexibility index (Phi) is 3.75. The van der Waals surface area contributed by atoms with E-state index in [0.29, 0.717) is 18.8 Å². The molecule has 96 valence electrons. The number of aromatic nitrogens is 1. The van der Waals surface area contributed by atoms with Crippen LogP contribution in [0.1, 0.15) is 43.9 Å². The number of carbonyl (C=O) groups is 2. The summed E-state index contributed by atoms with van der Waals surface area (Å²) in [4.78, 5) is 27.1. The van der Waals surface area contributed by atoms with Crippen molar-refractivity contribution in [3.05, 3.63) is 29.6 Å². The van der Waals surface area contributed by atoms with Gasteiger partial charge in [0.2, 0.25) is 11.8 Å². The van der Waals surface area contributed by atoms with Gasteiger partial charge in [-0.3, -0.25) is 19.9 Å². The summed E-state index contributed by atoms with van der Waals surface area (Å²) >= 11 is 0. The van der Waals surface area contributed by atoms with Crippen LogP contribution in [0, 0.1) is 5.92 Å². The Hall–Kier alpha value is -1.71. The number of rotatable bonds is 3. The monoisotopic (exact) mass is 246 g/mol. The van der Waals surface area contributed by atoms with Gasteiger partial charge >= 0.3 is 0 Å². The van der Waals surface area contributed by atoms with Crippen molar-refractivity contribution < 1.29 is 9.59 Å². The van der Waals surface area contributed by atoms with Crippen molar-refractivity contribution in [1.82, 2.24) is 10.3 Å². The summed E-state index contributed by atoms with van der Waals surface area (Å²) in [5.41, 5.74) is 1.94. The minimum absolute atomic E-state index is 0.187. The normalized spacial score (nSPS) is 20.1. The predicted octanol–water partition coefficient (Wildman–Crippen LogP) is 1.80. The number of carbonyl (C=O) groups excluding carboxylic acids is 2. The van der Waals surface area contributed by atoms with Crippen LogP contribution < -0.4 is 5.32 Å². The van der Waals surface area contributed by atoms with Gasteiger partial charge in [-0.25, -0.2) is 0 Å². The van der Waals surface area contributed by atoms with Crippen LogP contribution in [0.15, 0.2) is 18.3 Å². The third-order valence-corrected chi connectivity index (χ3v) is 3.09. The van der Waals surface area contributed by atoms with Gasteiger partial charge in [-0.15, -0.1) is 0 Å². The van der Waals surface area contributed by atoms with Gasteiger partial charge in [0.05, 0.1) is 11.6 Å². The Morgan fingerprint density at radius 3 is 2.72 bits per heavy atom. The van der Waals surface area contributed by atoms with Crippen molar-refractivity contribution in [2.75, 3.05) is 0 Å². The molecule has 0 aliphatic carbocycles. The van der Waals surface area contributed by atoms with E-state index in [0.717, 1.165) is 12.1 Å². The number of nitrogens with one attached hydrogen (secondary N) is 1. The quantitative estimate of drug-likeness (QED) is 0.827. The van der Waals surface area contributed by atoms with E-state index in [-0.39, 0.29) is 17.7 Å². The van der Waals surface area contributed by atoms with Gasteiger partial charge in [0, 0.05) is 12.6 Å². The van der Waals surface area contributed by atoms with Crippen LogP contribution in [-0.4, -0.2) is 16.8 Å². The van der Waals surface area contributed by atoms with Crippen molar-refractivity contribution in [2.24, 2.45) is 5.92 Å². The number of nitrogens with zero attached hydrogens (tertiary/aromatic N) is 1. The minimum atomic E-state index is -0.282. The molecular weight excluding hydrogens is 228 g/mol. The molecule has 18 heavy (non-hydrogen) atoms. The summed E-state index contributed by atoms with van der Waals surface area (Å²) in [5, 5.41) is 2.36. The first-order valence-corrected chi connectivity index (χ1v) is 6.35. The van der Waals surface area contributed by atoms with Gasteiger partial charge in [-0.2, -0.15) is 0 Å². The standard InChI is InChI=1S/C14H18N2O2/c1-9(2)7-10-3-5-12(15-8-10)11-4-6-13(17)16-14(11)18/h3,5,8-9,11H,4,6-7H2,1-2H3,(H,16,17,18). The molecule has 1 saturated heterocycles. The molecular formula is C14H18N2O2. The Balaban J connectivity index is 2.09. The van der Waals surface area contributed by atoms with Crippen LogP contribution in [0.4, 0.5) is 0 Å². The molecule has 1 atom stereocenters.